The molecule has 1 atom stereocenters. The van der Waals surface area contributed by atoms with E-state index in [0.29, 0.717) is 5.92 Å². The maximum Gasteiger partial charge on any atom is 0.168 e. The Bertz CT molecular complexity index is 247. The van der Waals surface area contributed by atoms with Crippen molar-refractivity contribution in [3.05, 3.63) is 11.5 Å². The Hall–Kier alpha value is -0.0600. The van der Waals surface area contributed by atoms with E-state index in [1.807, 2.05) is 13.8 Å². The minimum Gasteiger partial charge on any atom is -0.324 e. The highest BCUT2D eigenvalue weighted by Gasteiger charge is 2.02. The third-order valence-electron chi connectivity index (χ3n) is 1.32. The van der Waals surface area contributed by atoms with Gasteiger partial charge in [-0.15, -0.1) is 12.4 Å². The largest absolute Gasteiger partial charge is 0.324 e. The molecule has 0 spiro atoms. The third kappa shape index (κ3) is 11.9. The van der Waals surface area contributed by atoms with Gasteiger partial charge in [0.05, 0.1) is 0 Å². The molecule has 0 aromatic heterocycles. The molecule has 0 aliphatic rings. The van der Waals surface area contributed by atoms with Crippen molar-refractivity contribution in [1.82, 2.24) is 0 Å². The monoisotopic (exact) mass is 227 g/mol. The minimum atomic E-state index is -3.02. The van der Waals surface area contributed by atoms with Crippen LogP contribution in [0, 0.1) is 5.92 Å². The zero-order valence-corrected chi connectivity index (χ0v) is 9.86. The van der Waals surface area contributed by atoms with Crippen LogP contribution in [0.1, 0.15) is 20.3 Å². The summed E-state index contributed by atoms with van der Waals surface area (Å²) in [6.07, 6.45) is 3.51. The molecule has 1 unspecified atom stereocenters. The fourth-order valence-corrected chi connectivity index (χ4v) is 1.35. The maximum atomic E-state index is 10.7. The summed E-state index contributed by atoms with van der Waals surface area (Å²) in [6.45, 7) is 4.10. The van der Waals surface area contributed by atoms with Gasteiger partial charge in [0.25, 0.3) is 0 Å². The molecule has 0 bridgehead atoms. The van der Waals surface area contributed by atoms with Crippen LogP contribution in [0.2, 0.25) is 0 Å². The molecular formula is C8H18ClNO2S. The number of hydrogen-bond acceptors (Lipinski definition) is 3. The van der Waals surface area contributed by atoms with Gasteiger partial charge in [-0.1, -0.05) is 19.9 Å². The molecule has 0 saturated carbocycles. The normalized spacial score (nSPS) is 14.5. The summed E-state index contributed by atoms with van der Waals surface area (Å²) in [7, 11) is -3.02. The Morgan fingerprint density at radius 3 is 2.15 bits per heavy atom. The molecule has 0 radical (unpaired) electrons. The van der Waals surface area contributed by atoms with Gasteiger partial charge in [-0.2, -0.15) is 0 Å². The van der Waals surface area contributed by atoms with Crippen LogP contribution in [0.25, 0.3) is 0 Å². The number of hydrogen-bond donors (Lipinski definition) is 1. The maximum absolute atomic E-state index is 10.7. The first-order chi connectivity index (χ1) is 5.31. The Morgan fingerprint density at radius 2 is 1.85 bits per heavy atom. The summed E-state index contributed by atoms with van der Waals surface area (Å²) in [5.74, 6) is 0.490. The van der Waals surface area contributed by atoms with Gasteiger partial charge in [0.1, 0.15) is 0 Å². The molecular weight excluding hydrogens is 210 g/mol. The van der Waals surface area contributed by atoms with E-state index in [0.717, 1.165) is 12.7 Å². The number of nitrogens with two attached hydrogens (primary N) is 1. The van der Waals surface area contributed by atoms with Crippen LogP contribution in [-0.4, -0.2) is 20.7 Å². The quantitative estimate of drug-likeness (QED) is 0.789. The van der Waals surface area contributed by atoms with Crippen molar-refractivity contribution in [2.75, 3.05) is 6.26 Å². The molecule has 0 aliphatic carbocycles. The first-order valence-corrected chi connectivity index (χ1v) is 5.90. The standard InChI is InChI=1S/C8H17NO2S.ClH/c1-7(2)6-8(9)4-5-12(3,10)11;/h4-5,7-8H,6,9H2,1-3H3;1H/b5-4+;. The van der Waals surface area contributed by atoms with Gasteiger partial charge in [0.15, 0.2) is 9.84 Å². The molecule has 0 aromatic rings. The van der Waals surface area contributed by atoms with Crippen LogP contribution in [0.15, 0.2) is 11.5 Å². The van der Waals surface area contributed by atoms with Gasteiger partial charge >= 0.3 is 0 Å². The SMILES string of the molecule is CC(C)CC(N)/C=C/S(C)(=O)=O.Cl. The van der Waals surface area contributed by atoms with E-state index in [4.69, 9.17) is 5.73 Å². The molecule has 0 fully saturated rings. The van der Waals surface area contributed by atoms with Crippen LogP contribution in [0.3, 0.4) is 0 Å². The Balaban J connectivity index is 0. The van der Waals surface area contributed by atoms with Gasteiger partial charge in [-0.25, -0.2) is 8.42 Å². The van der Waals surface area contributed by atoms with E-state index in [2.05, 4.69) is 0 Å². The second-order valence-corrected chi connectivity index (χ2v) is 5.38. The van der Waals surface area contributed by atoms with Gasteiger partial charge in [-0.3, -0.25) is 0 Å². The Labute approximate surface area is 86.7 Å². The predicted octanol–water partition coefficient (Wildman–Crippen LogP) is 1.34. The van der Waals surface area contributed by atoms with Crippen molar-refractivity contribution in [3.63, 3.8) is 0 Å². The first kappa shape index (κ1) is 15.4. The Kier molecular flexibility index (Phi) is 7.59. The van der Waals surface area contributed by atoms with Gasteiger partial charge in [-0.05, 0) is 12.3 Å². The Morgan fingerprint density at radius 1 is 1.38 bits per heavy atom. The second-order valence-electron chi connectivity index (χ2n) is 3.45. The van der Waals surface area contributed by atoms with E-state index >= 15 is 0 Å². The van der Waals surface area contributed by atoms with Crippen molar-refractivity contribution in [1.29, 1.82) is 0 Å². The molecule has 0 heterocycles. The minimum absolute atomic E-state index is 0. The lowest BCUT2D eigenvalue weighted by molar-refractivity contribution is 0.546. The molecule has 0 aliphatic heterocycles. The summed E-state index contributed by atoms with van der Waals surface area (Å²) >= 11 is 0. The molecule has 80 valence electrons. The van der Waals surface area contributed by atoms with E-state index in [1.165, 1.54) is 11.5 Å². The summed E-state index contributed by atoms with van der Waals surface area (Å²) in [5, 5.41) is 1.17. The molecule has 13 heavy (non-hydrogen) atoms. The second kappa shape index (κ2) is 6.40. The number of halogens is 1. The van der Waals surface area contributed by atoms with Crippen LogP contribution in [0.4, 0.5) is 0 Å². The van der Waals surface area contributed by atoms with E-state index in [-0.39, 0.29) is 18.4 Å². The van der Waals surface area contributed by atoms with Crippen molar-refractivity contribution in [3.8, 4) is 0 Å². The highest BCUT2D eigenvalue weighted by Crippen LogP contribution is 2.03. The van der Waals surface area contributed by atoms with E-state index in [1.54, 1.807) is 0 Å². The molecule has 0 rings (SSSR count). The molecule has 3 nitrogen and oxygen atoms in total. The van der Waals surface area contributed by atoms with Crippen LogP contribution < -0.4 is 5.73 Å². The van der Waals surface area contributed by atoms with E-state index < -0.39 is 9.84 Å². The van der Waals surface area contributed by atoms with Crippen LogP contribution >= 0.6 is 12.4 Å². The fraction of sp³-hybridized carbons (Fsp3) is 0.750. The van der Waals surface area contributed by atoms with E-state index in [9.17, 15) is 8.42 Å². The zero-order valence-electron chi connectivity index (χ0n) is 8.23. The first-order valence-electron chi connectivity index (χ1n) is 3.95. The number of rotatable bonds is 4. The molecule has 5 heteroatoms. The molecule has 0 amide bonds. The average molecular weight is 228 g/mol. The lowest BCUT2D eigenvalue weighted by Crippen LogP contribution is -2.19. The predicted molar refractivity (Wildman–Crippen MR) is 58.7 cm³/mol. The summed E-state index contributed by atoms with van der Waals surface area (Å²) < 4.78 is 21.4. The zero-order chi connectivity index (χ0) is 9.78. The molecule has 0 aromatic carbocycles. The smallest absolute Gasteiger partial charge is 0.168 e. The highest BCUT2D eigenvalue weighted by atomic mass is 35.5. The van der Waals surface area contributed by atoms with Crippen LogP contribution in [0.5, 0.6) is 0 Å². The van der Waals surface area contributed by atoms with Crippen molar-refractivity contribution >= 4 is 22.2 Å². The van der Waals surface area contributed by atoms with Gasteiger partial charge in [0.2, 0.25) is 0 Å². The highest BCUT2D eigenvalue weighted by molar-refractivity contribution is 7.93. The van der Waals surface area contributed by atoms with Gasteiger partial charge in [0, 0.05) is 17.7 Å². The lowest BCUT2D eigenvalue weighted by atomic mass is 10.1. The molecule has 0 saturated heterocycles. The third-order valence-corrected chi connectivity index (χ3v) is 1.97. The average Bonchev–Trinajstić information content (AvgIpc) is 1.80. The molecule has 2 N–H and O–H groups in total. The van der Waals surface area contributed by atoms with Crippen molar-refractivity contribution < 1.29 is 8.42 Å². The van der Waals surface area contributed by atoms with Crippen molar-refractivity contribution in [2.24, 2.45) is 11.7 Å². The number of sulfone groups is 1. The van der Waals surface area contributed by atoms with Crippen LogP contribution in [-0.2, 0) is 9.84 Å². The lowest BCUT2D eigenvalue weighted by Gasteiger charge is -2.08. The summed E-state index contributed by atoms with van der Waals surface area (Å²) in [4.78, 5) is 0. The van der Waals surface area contributed by atoms with Gasteiger partial charge < -0.3 is 5.73 Å². The topological polar surface area (TPSA) is 60.2 Å². The van der Waals surface area contributed by atoms with Crippen molar-refractivity contribution in [2.45, 2.75) is 26.3 Å². The fourth-order valence-electron chi connectivity index (χ4n) is 0.867. The summed E-state index contributed by atoms with van der Waals surface area (Å²) in [6, 6.07) is -0.153. The summed E-state index contributed by atoms with van der Waals surface area (Å²) in [5.41, 5.74) is 5.63.